The fourth-order valence-electron chi connectivity index (χ4n) is 4.21. The van der Waals surface area contributed by atoms with Crippen LogP contribution in [0.15, 0.2) is 39.3 Å². The smallest absolute Gasteiger partial charge is 0.340 e. The van der Waals surface area contributed by atoms with E-state index in [9.17, 15) is 24.9 Å². The Morgan fingerprint density at radius 1 is 0.848 bits per heavy atom. The van der Waals surface area contributed by atoms with E-state index in [1.54, 1.807) is 12.1 Å². The van der Waals surface area contributed by atoms with Gasteiger partial charge in [-0.15, -0.1) is 0 Å². The summed E-state index contributed by atoms with van der Waals surface area (Å²) in [6.07, 6.45) is 0. The summed E-state index contributed by atoms with van der Waals surface area (Å²) < 4.78 is 6.87. The minimum atomic E-state index is -1.71. The number of carbonyl (C=O) groups is 2. The highest BCUT2D eigenvalue weighted by Gasteiger charge is 2.52. The minimum Gasteiger partial charge on any atom is -0.506 e. The van der Waals surface area contributed by atoms with Crippen LogP contribution in [0, 0.1) is 27.7 Å². The van der Waals surface area contributed by atoms with Crippen molar-refractivity contribution in [2.45, 2.75) is 33.3 Å². The number of hydrogen-bond acceptors (Lipinski definition) is 5. The maximum atomic E-state index is 13.1. The summed E-state index contributed by atoms with van der Waals surface area (Å²) in [6.45, 7) is 7.40. The Labute approximate surface area is 207 Å². The van der Waals surface area contributed by atoms with E-state index in [1.807, 2.05) is 27.7 Å². The van der Waals surface area contributed by atoms with Crippen molar-refractivity contribution in [2.75, 3.05) is 0 Å². The number of esters is 1. The highest BCUT2D eigenvalue weighted by atomic mass is 79.9. The molecule has 0 saturated heterocycles. The second-order valence-electron chi connectivity index (χ2n) is 8.19. The lowest BCUT2D eigenvalue weighted by Gasteiger charge is -2.33. The number of ether oxygens (including phenoxy) is 1. The number of halogens is 2. The first-order valence-electron chi connectivity index (χ1n) is 10.0. The normalized spacial score (nSPS) is 14.2. The van der Waals surface area contributed by atoms with Crippen LogP contribution in [0.25, 0.3) is 0 Å². The molecule has 0 atom stereocenters. The molecular weight excluding hydrogens is 556 g/mol. The number of phenolic OH excluding ortho intramolecular Hbond substituents is 2. The highest BCUT2D eigenvalue weighted by molar-refractivity contribution is 9.11. The molecule has 4 rings (SSSR count). The molecule has 0 aromatic heterocycles. The summed E-state index contributed by atoms with van der Waals surface area (Å²) in [4.78, 5) is 24.6. The number of cyclic esters (lactones) is 1. The molecule has 33 heavy (non-hydrogen) atoms. The van der Waals surface area contributed by atoms with Crippen molar-refractivity contribution in [3.05, 3.63) is 89.3 Å². The summed E-state index contributed by atoms with van der Waals surface area (Å²) >= 11 is 6.86. The van der Waals surface area contributed by atoms with E-state index in [2.05, 4.69) is 31.9 Å². The number of carboxylic acids is 1. The number of rotatable bonds is 3. The first-order valence-corrected chi connectivity index (χ1v) is 11.6. The third-order valence-corrected chi connectivity index (χ3v) is 8.30. The molecule has 1 heterocycles. The number of phenols is 2. The van der Waals surface area contributed by atoms with Gasteiger partial charge in [0.1, 0.15) is 11.5 Å². The lowest BCUT2D eigenvalue weighted by molar-refractivity contribution is 0.0238. The molecule has 6 nitrogen and oxygen atoms in total. The number of aryl methyl sites for hydroxylation is 2. The zero-order chi connectivity index (χ0) is 24.4. The molecule has 0 fully saturated rings. The van der Waals surface area contributed by atoms with E-state index < -0.39 is 17.5 Å². The Kier molecular flexibility index (Phi) is 5.57. The summed E-state index contributed by atoms with van der Waals surface area (Å²) in [6, 6.07) is 7.55. The van der Waals surface area contributed by atoms with E-state index >= 15 is 0 Å². The number of aromatic hydroxyl groups is 2. The first kappa shape index (κ1) is 23.3. The average molecular weight is 576 g/mol. The molecule has 0 aliphatic carbocycles. The van der Waals surface area contributed by atoms with Crippen LogP contribution in [-0.2, 0) is 10.3 Å². The van der Waals surface area contributed by atoms with E-state index in [0.29, 0.717) is 14.5 Å². The number of benzene rings is 3. The van der Waals surface area contributed by atoms with E-state index in [4.69, 9.17) is 4.74 Å². The summed E-state index contributed by atoms with van der Waals surface area (Å²) in [5.74, 6) is -2.23. The van der Waals surface area contributed by atoms with Crippen LogP contribution >= 0.6 is 31.9 Å². The highest BCUT2D eigenvalue weighted by Crippen LogP contribution is 2.55. The fraction of sp³-hybridized carbons (Fsp3) is 0.200. The van der Waals surface area contributed by atoms with Crippen molar-refractivity contribution in [2.24, 2.45) is 0 Å². The Morgan fingerprint density at radius 3 is 1.79 bits per heavy atom. The van der Waals surface area contributed by atoms with Crippen LogP contribution in [0.5, 0.6) is 11.5 Å². The summed E-state index contributed by atoms with van der Waals surface area (Å²) in [5, 5.41) is 31.8. The molecule has 0 radical (unpaired) electrons. The molecule has 3 N–H and O–H groups in total. The van der Waals surface area contributed by atoms with Gasteiger partial charge in [-0.25, -0.2) is 9.59 Å². The van der Waals surface area contributed by atoms with Crippen molar-refractivity contribution in [3.8, 4) is 11.5 Å². The molecule has 3 aromatic rings. The Hall–Kier alpha value is -2.84. The molecule has 0 amide bonds. The SMILES string of the molecule is Cc1cc(C2(c3cc(C)c(C)c(Br)c3O)OC(=O)c3cc(C(=O)O)ccc32)c(O)c(Br)c1C. The molecule has 0 bridgehead atoms. The molecule has 8 heteroatoms. The summed E-state index contributed by atoms with van der Waals surface area (Å²) in [5.41, 5.74) is 2.36. The van der Waals surface area contributed by atoms with Crippen molar-refractivity contribution in [3.63, 3.8) is 0 Å². The van der Waals surface area contributed by atoms with Gasteiger partial charge in [0.15, 0.2) is 5.60 Å². The topological polar surface area (TPSA) is 104 Å². The zero-order valence-electron chi connectivity index (χ0n) is 18.2. The van der Waals surface area contributed by atoms with Crippen LogP contribution < -0.4 is 0 Å². The second kappa shape index (κ2) is 7.88. The lowest BCUT2D eigenvalue weighted by Crippen LogP contribution is -2.30. The van der Waals surface area contributed by atoms with Gasteiger partial charge in [0, 0.05) is 16.7 Å². The van der Waals surface area contributed by atoms with Crippen molar-refractivity contribution < 1.29 is 29.6 Å². The largest absolute Gasteiger partial charge is 0.506 e. The summed E-state index contributed by atoms with van der Waals surface area (Å²) in [7, 11) is 0. The molecule has 1 aliphatic rings. The van der Waals surface area contributed by atoms with Gasteiger partial charge < -0.3 is 20.1 Å². The van der Waals surface area contributed by atoms with Crippen molar-refractivity contribution in [1.29, 1.82) is 0 Å². The van der Waals surface area contributed by atoms with Gasteiger partial charge in [-0.1, -0.05) is 6.07 Å². The predicted octanol–water partition coefficient (Wildman–Crippen LogP) is 6.02. The molecular formula is C25H20Br2O6. The van der Waals surface area contributed by atoms with Crippen LogP contribution in [0.2, 0.25) is 0 Å². The molecule has 1 aliphatic heterocycles. The van der Waals surface area contributed by atoms with E-state index in [1.165, 1.54) is 18.2 Å². The fourth-order valence-corrected chi connectivity index (χ4v) is 5.26. The third kappa shape index (κ3) is 3.27. The van der Waals surface area contributed by atoms with Crippen LogP contribution in [0.4, 0.5) is 0 Å². The lowest BCUT2D eigenvalue weighted by atomic mass is 9.77. The molecule has 0 saturated carbocycles. The zero-order valence-corrected chi connectivity index (χ0v) is 21.4. The quantitative estimate of drug-likeness (QED) is 0.330. The first-order chi connectivity index (χ1) is 15.4. The monoisotopic (exact) mass is 574 g/mol. The van der Waals surface area contributed by atoms with Crippen molar-refractivity contribution >= 4 is 43.8 Å². The maximum Gasteiger partial charge on any atom is 0.340 e. The van der Waals surface area contributed by atoms with Gasteiger partial charge in [-0.2, -0.15) is 0 Å². The molecule has 170 valence electrons. The van der Waals surface area contributed by atoms with Crippen LogP contribution in [0.3, 0.4) is 0 Å². The second-order valence-corrected chi connectivity index (χ2v) is 9.78. The number of aromatic carboxylic acids is 1. The van der Waals surface area contributed by atoms with Gasteiger partial charge in [0.05, 0.1) is 20.1 Å². The Balaban J connectivity index is 2.20. The number of hydrogen-bond donors (Lipinski definition) is 3. The molecule has 0 unspecified atom stereocenters. The molecule has 3 aromatic carbocycles. The number of carbonyl (C=O) groups excluding carboxylic acids is 1. The average Bonchev–Trinajstić information content (AvgIpc) is 3.08. The van der Waals surface area contributed by atoms with Gasteiger partial charge in [0.25, 0.3) is 0 Å². The van der Waals surface area contributed by atoms with Gasteiger partial charge in [0.2, 0.25) is 0 Å². The molecule has 0 spiro atoms. The van der Waals surface area contributed by atoms with Crippen molar-refractivity contribution in [1.82, 2.24) is 0 Å². The van der Waals surface area contributed by atoms with Gasteiger partial charge >= 0.3 is 11.9 Å². The Morgan fingerprint density at radius 2 is 1.33 bits per heavy atom. The number of fused-ring (bicyclic) bond motifs is 1. The van der Waals surface area contributed by atoms with E-state index in [-0.39, 0.29) is 33.8 Å². The van der Waals surface area contributed by atoms with Gasteiger partial charge in [-0.05, 0) is 106 Å². The Bertz CT molecular complexity index is 1310. The maximum absolute atomic E-state index is 13.1. The van der Waals surface area contributed by atoms with Crippen LogP contribution in [0.1, 0.15) is 59.7 Å². The van der Waals surface area contributed by atoms with Gasteiger partial charge in [-0.3, -0.25) is 0 Å². The van der Waals surface area contributed by atoms with Crippen LogP contribution in [-0.4, -0.2) is 27.3 Å². The third-order valence-electron chi connectivity index (χ3n) is 6.36. The standard InChI is InChI=1S/C25H20Br2O6/c1-10-7-17(21(28)19(26)12(10)3)25(18-8-11(2)13(4)20(27)22(18)29)16-6-5-14(23(30)31)9-15(16)24(32)33-25/h5-9,28-29H,1-4H3,(H,30,31). The minimum absolute atomic E-state index is 0.0531. The predicted molar refractivity (Wildman–Crippen MR) is 129 cm³/mol. The number of carboxylic acid groups (broad SMARTS) is 1. The van der Waals surface area contributed by atoms with E-state index in [0.717, 1.165) is 22.3 Å².